The van der Waals surface area contributed by atoms with Gasteiger partial charge in [-0.05, 0) is 17.7 Å². The maximum absolute atomic E-state index is 13.2. The van der Waals surface area contributed by atoms with Crippen molar-refractivity contribution in [3.63, 3.8) is 0 Å². The Morgan fingerprint density at radius 2 is 1.81 bits per heavy atom. The molecule has 1 aromatic carbocycles. The number of sulfonamides is 1. The molecule has 10 heteroatoms. The average Bonchev–Trinajstić information content (AvgIpc) is 2.94. The van der Waals surface area contributed by atoms with Crippen molar-refractivity contribution < 1.29 is 21.6 Å². The molecule has 0 aliphatic heterocycles. The smallest absolute Gasteiger partial charge is 0.304 e. The Morgan fingerprint density at radius 1 is 1.08 bits per heavy atom. The van der Waals surface area contributed by atoms with E-state index in [4.69, 9.17) is 0 Å². The molecule has 0 aliphatic rings. The van der Waals surface area contributed by atoms with E-state index >= 15 is 0 Å². The van der Waals surface area contributed by atoms with Crippen LogP contribution in [0.2, 0.25) is 0 Å². The second-order valence-electron chi connectivity index (χ2n) is 5.57. The van der Waals surface area contributed by atoms with E-state index in [0.717, 1.165) is 4.57 Å². The number of fused-ring (bicyclic) bond motifs is 1. The second-order valence-corrected chi connectivity index (χ2v) is 7.38. The molecule has 0 saturated carbocycles. The van der Waals surface area contributed by atoms with Crippen LogP contribution in [0.1, 0.15) is 11.4 Å². The Morgan fingerprint density at radius 3 is 2.50 bits per heavy atom. The fourth-order valence-electron chi connectivity index (χ4n) is 2.54. The fourth-order valence-corrected chi connectivity index (χ4v) is 3.68. The van der Waals surface area contributed by atoms with E-state index in [1.165, 1.54) is 18.3 Å². The van der Waals surface area contributed by atoms with Crippen LogP contribution in [0.15, 0.2) is 48.7 Å². The van der Waals surface area contributed by atoms with Crippen molar-refractivity contribution in [2.24, 2.45) is 0 Å². The first-order valence-electron chi connectivity index (χ1n) is 7.66. The monoisotopic (exact) mass is 384 g/mol. The summed E-state index contributed by atoms with van der Waals surface area (Å²) in [5, 5.41) is 0. The minimum atomic E-state index is -4.66. The SMILES string of the molecule is O=S(=O)(Cc1ccccc1)NCCn1c(C(F)(F)F)nc2cccnc21. The first-order chi connectivity index (χ1) is 12.3. The highest BCUT2D eigenvalue weighted by molar-refractivity contribution is 7.88. The predicted octanol–water partition coefficient (Wildman–Crippen LogP) is 2.57. The normalized spacial score (nSPS) is 12.6. The summed E-state index contributed by atoms with van der Waals surface area (Å²) in [6.45, 7) is -0.448. The van der Waals surface area contributed by atoms with Gasteiger partial charge in [0.05, 0.1) is 5.75 Å². The molecule has 0 saturated heterocycles. The zero-order chi connectivity index (χ0) is 18.8. The summed E-state index contributed by atoms with van der Waals surface area (Å²) in [6.07, 6.45) is -3.30. The molecule has 26 heavy (non-hydrogen) atoms. The molecule has 138 valence electrons. The Balaban J connectivity index is 1.75. The number of benzene rings is 1. The summed E-state index contributed by atoms with van der Waals surface area (Å²) in [4.78, 5) is 7.49. The van der Waals surface area contributed by atoms with Crippen molar-refractivity contribution in [3.8, 4) is 0 Å². The van der Waals surface area contributed by atoms with E-state index in [9.17, 15) is 21.6 Å². The molecular formula is C16H15F3N4O2S. The summed E-state index contributed by atoms with van der Waals surface area (Å²) < 4.78 is 66.9. The third-order valence-corrected chi connectivity index (χ3v) is 4.97. The number of hydrogen-bond acceptors (Lipinski definition) is 4. The molecule has 3 rings (SSSR count). The number of hydrogen-bond donors (Lipinski definition) is 1. The fraction of sp³-hybridized carbons (Fsp3) is 0.250. The van der Waals surface area contributed by atoms with Crippen molar-refractivity contribution in [1.82, 2.24) is 19.3 Å². The van der Waals surface area contributed by atoms with Gasteiger partial charge in [-0.25, -0.2) is 23.1 Å². The van der Waals surface area contributed by atoms with Gasteiger partial charge in [0.1, 0.15) is 5.52 Å². The largest absolute Gasteiger partial charge is 0.449 e. The van der Waals surface area contributed by atoms with Crippen LogP contribution in [0.25, 0.3) is 11.2 Å². The van der Waals surface area contributed by atoms with Crippen molar-refractivity contribution >= 4 is 21.2 Å². The van der Waals surface area contributed by atoms with Gasteiger partial charge in [0.2, 0.25) is 15.8 Å². The van der Waals surface area contributed by atoms with Crippen molar-refractivity contribution in [3.05, 3.63) is 60.0 Å². The van der Waals surface area contributed by atoms with Gasteiger partial charge in [-0.3, -0.25) is 0 Å². The van der Waals surface area contributed by atoms with Gasteiger partial charge in [0.25, 0.3) is 0 Å². The quantitative estimate of drug-likeness (QED) is 0.709. The number of aromatic nitrogens is 3. The van der Waals surface area contributed by atoms with E-state index in [1.54, 1.807) is 30.3 Å². The van der Waals surface area contributed by atoms with Crippen LogP contribution >= 0.6 is 0 Å². The van der Waals surface area contributed by atoms with Gasteiger partial charge in [-0.2, -0.15) is 13.2 Å². The van der Waals surface area contributed by atoms with E-state index in [2.05, 4.69) is 14.7 Å². The summed E-state index contributed by atoms with van der Waals surface area (Å²) in [7, 11) is -3.67. The zero-order valence-electron chi connectivity index (χ0n) is 13.4. The zero-order valence-corrected chi connectivity index (χ0v) is 14.3. The molecule has 0 fully saturated rings. The molecular weight excluding hydrogens is 369 g/mol. The molecule has 0 unspecified atom stereocenters. The Hall–Kier alpha value is -2.46. The highest BCUT2D eigenvalue weighted by atomic mass is 32.2. The Bertz CT molecular complexity index is 1000. The minimum absolute atomic E-state index is 0.0575. The number of halogens is 3. The molecule has 1 N–H and O–H groups in total. The molecule has 0 bridgehead atoms. The van der Waals surface area contributed by atoms with Crippen LogP contribution in [-0.4, -0.2) is 29.5 Å². The maximum atomic E-state index is 13.2. The number of rotatable bonds is 6. The van der Waals surface area contributed by atoms with Crippen molar-refractivity contribution in [2.75, 3.05) is 6.54 Å². The van der Waals surface area contributed by atoms with Crippen LogP contribution in [-0.2, 0) is 28.5 Å². The van der Waals surface area contributed by atoms with Gasteiger partial charge in [0, 0.05) is 19.3 Å². The van der Waals surface area contributed by atoms with Crippen LogP contribution in [0, 0.1) is 0 Å². The van der Waals surface area contributed by atoms with Crippen LogP contribution in [0.5, 0.6) is 0 Å². The van der Waals surface area contributed by atoms with Crippen LogP contribution in [0.3, 0.4) is 0 Å². The molecule has 0 atom stereocenters. The van der Waals surface area contributed by atoms with Crippen molar-refractivity contribution in [2.45, 2.75) is 18.5 Å². The first-order valence-corrected chi connectivity index (χ1v) is 9.31. The number of imidazole rings is 1. The molecule has 0 amide bonds. The highest BCUT2D eigenvalue weighted by Gasteiger charge is 2.37. The molecule has 2 heterocycles. The van der Waals surface area contributed by atoms with Crippen LogP contribution in [0.4, 0.5) is 13.2 Å². The van der Waals surface area contributed by atoms with E-state index < -0.39 is 22.0 Å². The van der Waals surface area contributed by atoms with E-state index in [-0.39, 0.29) is 30.0 Å². The number of pyridine rings is 1. The number of nitrogens with one attached hydrogen (secondary N) is 1. The summed E-state index contributed by atoms with van der Waals surface area (Å²) in [6, 6.07) is 11.4. The average molecular weight is 384 g/mol. The highest BCUT2D eigenvalue weighted by Crippen LogP contribution is 2.30. The van der Waals surface area contributed by atoms with Crippen LogP contribution < -0.4 is 4.72 Å². The van der Waals surface area contributed by atoms with Crippen molar-refractivity contribution in [1.29, 1.82) is 0 Å². The van der Waals surface area contributed by atoms with Gasteiger partial charge < -0.3 is 4.57 Å². The maximum Gasteiger partial charge on any atom is 0.449 e. The summed E-state index contributed by atoms with van der Waals surface area (Å²) in [5.74, 6) is -1.35. The minimum Gasteiger partial charge on any atom is -0.304 e. The molecule has 0 radical (unpaired) electrons. The molecule has 0 spiro atoms. The van der Waals surface area contributed by atoms with Gasteiger partial charge in [0.15, 0.2) is 5.65 Å². The third-order valence-electron chi connectivity index (χ3n) is 3.61. The second kappa shape index (κ2) is 7.04. The molecule has 0 aliphatic carbocycles. The standard InChI is InChI=1S/C16H15F3N4O2S/c17-16(18,19)15-22-13-7-4-8-20-14(13)23(15)10-9-21-26(24,25)11-12-5-2-1-3-6-12/h1-8,21H,9-11H2. The molecule has 2 aromatic heterocycles. The lowest BCUT2D eigenvalue weighted by Gasteiger charge is -2.12. The van der Waals surface area contributed by atoms with Gasteiger partial charge >= 0.3 is 6.18 Å². The lowest BCUT2D eigenvalue weighted by molar-refractivity contribution is -0.146. The lowest BCUT2D eigenvalue weighted by atomic mass is 10.2. The molecule has 3 aromatic rings. The van der Waals surface area contributed by atoms with Gasteiger partial charge in [-0.15, -0.1) is 0 Å². The Kier molecular flexibility index (Phi) is 4.97. The van der Waals surface area contributed by atoms with E-state index in [1.807, 2.05) is 0 Å². The summed E-state index contributed by atoms with van der Waals surface area (Å²) >= 11 is 0. The Labute approximate surface area is 147 Å². The molecule has 6 nitrogen and oxygen atoms in total. The number of nitrogens with zero attached hydrogens (tertiary/aromatic N) is 3. The first kappa shape index (κ1) is 18.3. The van der Waals surface area contributed by atoms with Gasteiger partial charge in [-0.1, -0.05) is 30.3 Å². The predicted molar refractivity (Wildman–Crippen MR) is 89.6 cm³/mol. The van der Waals surface area contributed by atoms with E-state index in [0.29, 0.717) is 5.56 Å². The number of alkyl halides is 3. The summed E-state index contributed by atoms with van der Waals surface area (Å²) in [5.41, 5.74) is 0.750. The topological polar surface area (TPSA) is 76.9 Å². The lowest BCUT2D eigenvalue weighted by Crippen LogP contribution is -2.29. The third kappa shape index (κ3) is 4.20.